The number of nitrogens with zero attached hydrogens (tertiary/aromatic N) is 2. The Morgan fingerprint density at radius 2 is 2.20 bits per heavy atom. The third-order valence-electron chi connectivity index (χ3n) is 2.92. The molecule has 20 heavy (non-hydrogen) atoms. The normalized spacial score (nSPS) is 20.8. The second-order valence-electron chi connectivity index (χ2n) is 4.19. The summed E-state index contributed by atoms with van der Waals surface area (Å²) in [6.07, 6.45) is 2.70. The fraction of sp³-hybridized carbons (Fsp3) is 0.364. The van der Waals surface area contributed by atoms with Crippen molar-refractivity contribution in [3.05, 3.63) is 23.5 Å². The van der Waals surface area contributed by atoms with Gasteiger partial charge in [-0.1, -0.05) is 18.5 Å². The van der Waals surface area contributed by atoms with Crippen molar-refractivity contribution in [1.82, 2.24) is 14.6 Å². The Bertz CT molecular complexity index is 661. The van der Waals surface area contributed by atoms with Crippen LogP contribution in [0.5, 0.6) is 0 Å². The lowest BCUT2D eigenvalue weighted by Crippen LogP contribution is -2.59. The first-order valence-corrected chi connectivity index (χ1v) is 7.64. The Hall–Kier alpha value is -1.51. The van der Waals surface area contributed by atoms with Gasteiger partial charge in [-0.3, -0.25) is 19.9 Å². The maximum atomic E-state index is 12.5. The van der Waals surface area contributed by atoms with Crippen molar-refractivity contribution >= 4 is 33.4 Å². The lowest BCUT2D eigenvalue weighted by molar-refractivity contribution is -0.137. The molecule has 9 heteroatoms. The van der Waals surface area contributed by atoms with E-state index in [9.17, 15) is 18.0 Å². The summed E-state index contributed by atoms with van der Waals surface area (Å²) in [4.78, 5) is 26.6. The third-order valence-corrected chi connectivity index (χ3v) is 5.24. The fourth-order valence-electron chi connectivity index (χ4n) is 1.96. The van der Waals surface area contributed by atoms with Gasteiger partial charge in [-0.2, -0.15) is 4.31 Å². The van der Waals surface area contributed by atoms with Gasteiger partial charge in [-0.15, -0.1) is 0 Å². The van der Waals surface area contributed by atoms with Gasteiger partial charge in [-0.25, -0.2) is 8.42 Å². The summed E-state index contributed by atoms with van der Waals surface area (Å²) in [7, 11) is -4.06. The van der Waals surface area contributed by atoms with E-state index in [0.717, 1.165) is 10.5 Å². The minimum atomic E-state index is -4.06. The Morgan fingerprint density at radius 3 is 2.80 bits per heavy atom. The maximum absolute atomic E-state index is 12.5. The van der Waals surface area contributed by atoms with E-state index in [1.54, 1.807) is 6.92 Å². The number of imide groups is 1. The van der Waals surface area contributed by atoms with Crippen LogP contribution in [0.3, 0.4) is 0 Å². The zero-order valence-electron chi connectivity index (χ0n) is 10.5. The molecule has 2 amide bonds. The molecular weight excluding hydrogens is 306 g/mol. The summed E-state index contributed by atoms with van der Waals surface area (Å²) < 4.78 is 25.9. The Labute approximate surface area is 121 Å². The van der Waals surface area contributed by atoms with E-state index in [1.165, 1.54) is 12.3 Å². The van der Waals surface area contributed by atoms with E-state index < -0.39 is 34.4 Å². The van der Waals surface area contributed by atoms with Crippen LogP contribution < -0.4 is 5.32 Å². The molecule has 0 saturated carbocycles. The molecule has 0 radical (unpaired) electrons. The van der Waals surface area contributed by atoms with Crippen LogP contribution in [-0.2, 0) is 19.6 Å². The molecule has 1 aliphatic heterocycles. The molecule has 1 N–H and O–H groups in total. The van der Waals surface area contributed by atoms with Crippen LogP contribution in [-0.4, -0.2) is 42.1 Å². The number of amides is 2. The molecule has 1 saturated heterocycles. The van der Waals surface area contributed by atoms with Crippen LogP contribution in [0.25, 0.3) is 0 Å². The number of halogens is 1. The zero-order valence-corrected chi connectivity index (χ0v) is 12.1. The smallest absolute Gasteiger partial charge is 0.247 e. The minimum absolute atomic E-state index is 0.00622. The van der Waals surface area contributed by atoms with Crippen LogP contribution in [0.2, 0.25) is 5.02 Å². The molecule has 2 rings (SSSR count). The molecule has 1 aliphatic rings. The highest BCUT2D eigenvalue weighted by Gasteiger charge is 2.41. The number of rotatable bonds is 3. The second-order valence-corrected chi connectivity index (χ2v) is 6.46. The van der Waals surface area contributed by atoms with Crippen molar-refractivity contribution < 1.29 is 18.0 Å². The molecule has 0 aliphatic carbocycles. The molecule has 1 fully saturated rings. The molecule has 0 spiro atoms. The van der Waals surface area contributed by atoms with Crippen LogP contribution >= 0.6 is 11.6 Å². The van der Waals surface area contributed by atoms with Gasteiger partial charge in [0.25, 0.3) is 0 Å². The number of aromatic nitrogens is 1. The predicted octanol–water partition coefficient (Wildman–Crippen LogP) is 0.161. The van der Waals surface area contributed by atoms with E-state index in [1.807, 2.05) is 0 Å². The standard InChI is InChI=1S/C11H12ClN3O4S/c1-2-8-11(17)14-10(16)6-15(8)20(18,19)9-5-13-4-3-7(9)12/h3-5,8H,2,6H2,1H3,(H,14,16,17). The molecule has 1 unspecified atom stereocenters. The molecule has 1 aromatic rings. The number of hydrogen-bond donors (Lipinski definition) is 1. The van der Waals surface area contributed by atoms with E-state index in [4.69, 9.17) is 11.6 Å². The van der Waals surface area contributed by atoms with Gasteiger partial charge in [0.05, 0.1) is 11.6 Å². The molecule has 0 bridgehead atoms. The van der Waals surface area contributed by atoms with Gasteiger partial charge in [0, 0.05) is 12.4 Å². The Balaban J connectivity index is 2.49. The number of piperazine rings is 1. The average molecular weight is 318 g/mol. The van der Waals surface area contributed by atoms with Gasteiger partial charge >= 0.3 is 0 Å². The van der Waals surface area contributed by atoms with E-state index in [0.29, 0.717) is 0 Å². The Kier molecular flexibility index (Phi) is 4.07. The first-order valence-electron chi connectivity index (χ1n) is 5.83. The summed E-state index contributed by atoms with van der Waals surface area (Å²) in [5.41, 5.74) is 0. The SMILES string of the molecule is CCC1C(=O)NC(=O)CN1S(=O)(=O)c1cnccc1Cl. The first-order chi connectivity index (χ1) is 9.37. The highest BCUT2D eigenvalue weighted by atomic mass is 35.5. The minimum Gasteiger partial charge on any atom is -0.294 e. The molecule has 108 valence electrons. The van der Waals surface area contributed by atoms with Crippen molar-refractivity contribution in [1.29, 1.82) is 0 Å². The number of nitrogens with one attached hydrogen (secondary N) is 1. The quantitative estimate of drug-likeness (QED) is 0.801. The molecule has 2 heterocycles. The lowest BCUT2D eigenvalue weighted by Gasteiger charge is -2.32. The largest absolute Gasteiger partial charge is 0.294 e. The zero-order chi connectivity index (χ0) is 14.9. The van der Waals surface area contributed by atoms with E-state index >= 15 is 0 Å². The van der Waals surface area contributed by atoms with Crippen LogP contribution in [0.1, 0.15) is 13.3 Å². The fourth-order valence-corrected chi connectivity index (χ4v) is 3.99. The summed E-state index contributed by atoms with van der Waals surface area (Å²) in [5.74, 6) is -1.30. The van der Waals surface area contributed by atoms with Crippen LogP contribution in [0.15, 0.2) is 23.4 Å². The molecule has 1 atom stereocenters. The summed E-state index contributed by atoms with van der Waals surface area (Å²) >= 11 is 5.86. The first kappa shape index (κ1) is 14.9. The summed E-state index contributed by atoms with van der Waals surface area (Å²) in [6, 6.07) is 0.398. The van der Waals surface area contributed by atoms with Gasteiger partial charge in [0.2, 0.25) is 21.8 Å². The number of pyridine rings is 1. The van der Waals surface area contributed by atoms with Gasteiger partial charge in [0.15, 0.2) is 0 Å². The molecule has 0 aromatic carbocycles. The average Bonchev–Trinajstić information content (AvgIpc) is 2.38. The van der Waals surface area contributed by atoms with Crippen molar-refractivity contribution in [2.45, 2.75) is 24.3 Å². The van der Waals surface area contributed by atoms with Crippen molar-refractivity contribution in [2.75, 3.05) is 6.54 Å². The highest BCUT2D eigenvalue weighted by molar-refractivity contribution is 7.89. The van der Waals surface area contributed by atoms with Crippen molar-refractivity contribution in [3.63, 3.8) is 0 Å². The third kappa shape index (κ3) is 2.54. The summed E-state index contributed by atoms with van der Waals surface area (Å²) in [6.45, 7) is 1.24. The van der Waals surface area contributed by atoms with Gasteiger partial charge in [0.1, 0.15) is 10.9 Å². The monoisotopic (exact) mass is 317 g/mol. The predicted molar refractivity (Wildman–Crippen MR) is 70.4 cm³/mol. The second kappa shape index (κ2) is 5.47. The van der Waals surface area contributed by atoms with Crippen molar-refractivity contribution in [3.8, 4) is 0 Å². The van der Waals surface area contributed by atoms with Crippen LogP contribution in [0.4, 0.5) is 0 Å². The lowest BCUT2D eigenvalue weighted by atomic mass is 10.2. The molecule has 1 aromatic heterocycles. The van der Waals surface area contributed by atoms with E-state index in [-0.39, 0.29) is 16.3 Å². The van der Waals surface area contributed by atoms with Crippen molar-refractivity contribution in [2.24, 2.45) is 0 Å². The Morgan fingerprint density at radius 1 is 1.50 bits per heavy atom. The van der Waals surface area contributed by atoms with Gasteiger partial charge < -0.3 is 0 Å². The topological polar surface area (TPSA) is 96.4 Å². The number of hydrogen-bond acceptors (Lipinski definition) is 5. The number of carbonyl (C=O) groups is 2. The maximum Gasteiger partial charge on any atom is 0.247 e. The van der Waals surface area contributed by atoms with E-state index in [2.05, 4.69) is 10.3 Å². The number of carbonyl (C=O) groups excluding carboxylic acids is 2. The number of sulfonamides is 1. The van der Waals surface area contributed by atoms with Gasteiger partial charge in [-0.05, 0) is 12.5 Å². The molecule has 7 nitrogen and oxygen atoms in total. The highest BCUT2D eigenvalue weighted by Crippen LogP contribution is 2.26. The van der Waals surface area contributed by atoms with Crippen LogP contribution in [0, 0.1) is 0 Å². The summed E-state index contributed by atoms with van der Waals surface area (Å²) in [5, 5.41) is 2.11. The molecular formula is C11H12ClN3O4S.